The van der Waals surface area contributed by atoms with Crippen LogP contribution in [0, 0.1) is 6.92 Å². The van der Waals surface area contributed by atoms with Gasteiger partial charge in [-0.3, -0.25) is 4.99 Å². The van der Waals surface area contributed by atoms with Crippen LogP contribution in [0.25, 0.3) is 0 Å². The number of hydrogen-bond acceptors (Lipinski definition) is 4. The molecular weight excluding hydrogens is 342 g/mol. The van der Waals surface area contributed by atoms with E-state index in [0.29, 0.717) is 18.7 Å². The maximum Gasteiger partial charge on any atom is 0.190 e. The first kappa shape index (κ1) is 20.4. The van der Waals surface area contributed by atoms with Gasteiger partial charge in [0.05, 0.1) is 14.2 Å². The fourth-order valence-corrected chi connectivity index (χ4v) is 2.76. The van der Waals surface area contributed by atoms with E-state index >= 15 is 0 Å². The number of aliphatic imine (C=N–C) groups is 1. The molecule has 0 spiro atoms. The van der Waals surface area contributed by atoms with Crippen molar-refractivity contribution in [3.05, 3.63) is 53.1 Å². The van der Waals surface area contributed by atoms with E-state index in [1.165, 1.54) is 5.56 Å². The van der Waals surface area contributed by atoms with Gasteiger partial charge in [0.15, 0.2) is 5.96 Å². The average Bonchev–Trinajstić information content (AvgIpc) is 2.68. The molecule has 0 radical (unpaired) electrons. The fraction of sp³-hybridized carbons (Fsp3) is 0.381. The molecule has 0 bridgehead atoms. The zero-order chi connectivity index (χ0) is 19.6. The van der Waals surface area contributed by atoms with Gasteiger partial charge in [-0.2, -0.15) is 0 Å². The molecule has 0 aliphatic rings. The third kappa shape index (κ3) is 6.09. The Morgan fingerprint density at radius 1 is 1.00 bits per heavy atom. The monoisotopic (exact) mass is 371 g/mol. The van der Waals surface area contributed by atoms with E-state index in [1.807, 2.05) is 19.1 Å². The van der Waals surface area contributed by atoms with E-state index in [2.05, 4.69) is 33.8 Å². The number of hydrogen-bond donors (Lipinski definition) is 3. The topological polar surface area (TPSA) is 75.1 Å². The highest BCUT2D eigenvalue weighted by Gasteiger charge is 2.05. The van der Waals surface area contributed by atoms with E-state index in [4.69, 9.17) is 9.47 Å². The Hall–Kier alpha value is -2.89. The molecule has 0 amide bonds. The van der Waals surface area contributed by atoms with Gasteiger partial charge >= 0.3 is 0 Å². The molecule has 0 aliphatic heterocycles. The lowest BCUT2D eigenvalue weighted by Gasteiger charge is -2.13. The summed E-state index contributed by atoms with van der Waals surface area (Å²) in [6.45, 7) is 3.46. The number of phenolic OH excluding ortho intramolecular Hbond substituents is 1. The molecule has 3 N–H and O–H groups in total. The summed E-state index contributed by atoms with van der Waals surface area (Å²) < 4.78 is 10.5. The average molecular weight is 371 g/mol. The van der Waals surface area contributed by atoms with Crippen LogP contribution < -0.4 is 20.1 Å². The molecule has 27 heavy (non-hydrogen) atoms. The minimum Gasteiger partial charge on any atom is -0.508 e. The molecule has 2 aromatic carbocycles. The molecule has 0 saturated carbocycles. The molecule has 146 valence electrons. The summed E-state index contributed by atoms with van der Waals surface area (Å²) in [6, 6.07) is 11.6. The van der Waals surface area contributed by atoms with Crippen molar-refractivity contribution in [3.8, 4) is 17.2 Å². The molecule has 0 atom stereocenters. The molecule has 6 nitrogen and oxygen atoms in total. The van der Waals surface area contributed by atoms with Crippen molar-refractivity contribution in [1.29, 1.82) is 0 Å². The van der Waals surface area contributed by atoms with Crippen molar-refractivity contribution >= 4 is 5.96 Å². The van der Waals surface area contributed by atoms with Gasteiger partial charge in [-0.1, -0.05) is 18.2 Å². The number of aromatic hydroxyl groups is 1. The molecule has 6 heteroatoms. The van der Waals surface area contributed by atoms with Crippen molar-refractivity contribution in [2.75, 3.05) is 34.4 Å². The number of phenols is 1. The number of ether oxygens (including phenoxy) is 2. The largest absolute Gasteiger partial charge is 0.508 e. The molecule has 0 aromatic heterocycles. The van der Waals surface area contributed by atoms with Gasteiger partial charge in [0.25, 0.3) is 0 Å². The molecule has 2 rings (SSSR count). The number of aryl methyl sites for hydroxylation is 1. The minimum atomic E-state index is 0.243. The Kier molecular flexibility index (Phi) is 7.79. The van der Waals surface area contributed by atoms with E-state index < -0.39 is 0 Å². The van der Waals surface area contributed by atoms with E-state index in [0.717, 1.165) is 35.8 Å². The van der Waals surface area contributed by atoms with Crippen LogP contribution in [-0.2, 0) is 12.8 Å². The Bertz CT molecular complexity index is 775. The van der Waals surface area contributed by atoms with Crippen molar-refractivity contribution in [1.82, 2.24) is 10.6 Å². The molecular formula is C21H29N3O3. The lowest BCUT2D eigenvalue weighted by atomic mass is 10.1. The van der Waals surface area contributed by atoms with Crippen LogP contribution in [0.15, 0.2) is 41.4 Å². The quantitative estimate of drug-likeness (QED) is 0.491. The number of nitrogens with zero attached hydrogens (tertiary/aromatic N) is 1. The van der Waals surface area contributed by atoms with Crippen LogP contribution in [0.4, 0.5) is 0 Å². The van der Waals surface area contributed by atoms with Crippen molar-refractivity contribution in [2.24, 2.45) is 4.99 Å². The maximum atomic E-state index is 10.0. The highest BCUT2D eigenvalue weighted by atomic mass is 16.5. The van der Waals surface area contributed by atoms with Crippen LogP contribution in [0.5, 0.6) is 17.2 Å². The predicted molar refractivity (Wildman–Crippen MR) is 109 cm³/mol. The lowest BCUT2D eigenvalue weighted by molar-refractivity contribution is 0.406. The summed E-state index contributed by atoms with van der Waals surface area (Å²) in [5.74, 6) is 2.54. The zero-order valence-corrected chi connectivity index (χ0v) is 16.5. The second-order valence-electron chi connectivity index (χ2n) is 6.22. The van der Waals surface area contributed by atoms with E-state index in [1.54, 1.807) is 27.3 Å². The molecule has 0 heterocycles. The van der Waals surface area contributed by atoms with Gasteiger partial charge in [-0.25, -0.2) is 0 Å². The molecule has 0 fully saturated rings. The van der Waals surface area contributed by atoms with Gasteiger partial charge < -0.3 is 25.2 Å². The number of nitrogens with one attached hydrogen (secondary N) is 2. The molecule has 2 aromatic rings. The predicted octanol–water partition coefficient (Wildman–Crippen LogP) is 2.67. The van der Waals surface area contributed by atoms with Crippen molar-refractivity contribution in [3.63, 3.8) is 0 Å². The number of benzene rings is 2. The maximum absolute atomic E-state index is 10.0. The normalized spacial score (nSPS) is 11.2. The highest BCUT2D eigenvalue weighted by Crippen LogP contribution is 2.23. The Labute approximate surface area is 161 Å². The molecule has 0 saturated heterocycles. The Morgan fingerprint density at radius 2 is 1.74 bits per heavy atom. The Balaban J connectivity index is 1.77. The summed E-state index contributed by atoms with van der Waals surface area (Å²) in [7, 11) is 5.02. The SMILES string of the molecule is CN=C(NCCc1ccc(C)c(OC)c1)NCCc1ccc(OC)cc1O. The smallest absolute Gasteiger partial charge is 0.190 e. The first-order valence-corrected chi connectivity index (χ1v) is 9.01. The molecule has 0 unspecified atom stereocenters. The van der Waals surface area contributed by atoms with Gasteiger partial charge in [0, 0.05) is 26.2 Å². The fourth-order valence-electron chi connectivity index (χ4n) is 2.76. The second kappa shape index (κ2) is 10.3. The zero-order valence-electron chi connectivity index (χ0n) is 16.5. The molecule has 0 aliphatic carbocycles. The minimum absolute atomic E-state index is 0.243. The highest BCUT2D eigenvalue weighted by molar-refractivity contribution is 5.79. The van der Waals surface area contributed by atoms with E-state index in [-0.39, 0.29) is 5.75 Å². The van der Waals surface area contributed by atoms with Crippen molar-refractivity contribution < 1.29 is 14.6 Å². The number of methoxy groups -OCH3 is 2. The summed E-state index contributed by atoms with van der Waals surface area (Å²) in [4.78, 5) is 4.24. The summed E-state index contributed by atoms with van der Waals surface area (Å²) in [6.07, 6.45) is 1.56. The lowest BCUT2D eigenvalue weighted by Crippen LogP contribution is -2.39. The summed E-state index contributed by atoms with van der Waals surface area (Å²) >= 11 is 0. The van der Waals surface area contributed by atoms with Gasteiger partial charge in [-0.15, -0.1) is 0 Å². The Morgan fingerprint density at radius 3 is 2.37 bits per heavy atom. The van der Waals surface area contributed by atoms with Gasteiger partial charge in [0.2, 0.25) is 0 Å². The van der Waals surface area contributed by atoms with Gasteiger partial charge in [-0.05, 0) is 48.6 Å². The van der Waals surface area contributed by atoms with Crippen molar-refractivity contribution in [2.45, 2.75) is 19.8 Å². The number of rotatable bonds is 8. The van der Waals surface area contributed by atoms with Gasteiger partial charge in [0.1, 0.15) is 17.2 Å². The first-order valence-electron chi connectivity index (χ1n) is 9.01. The number of guanidine groups is 1. The van der Waals surface area contributed by atoms with Crippen LogP contribution in [0.2, 0.25) is 0 Å². The van der Waals surface area contributed by atoms with Crippen LogP contribution in [0.1, 0.15) is 16.7 Å². The van der Waals surface area contributed by atoms with Crippen LogP contribution >= 0.6 is 0 Å². The summed E-state index contributed by atoms with van der Waals surface area (Å²) in [5.41, 5.74) is 3.21. The second-order valence-corrected chi connectivity index (χ2v) is 6.22. The van der Waals surface area contributed by atoms with Crippen LogP contribution in [-0.4, -0.2) is 45.4 Å². The van der Waals surface area contributed by atoms with E-state index in [9.17, 15) is 5.11 Å². The first-order chi connectivity index (χ1) is 13.1. The van der Waals surface area contributed by atoms with Crippen LogP contribution in [0.3, 0.4) is 0 Å². The summed E-state index contributed by atoms with van der Waals surface area (Å²) in [5, 5.41) is 16.6. The standard InChI is InChI=1S/C21H29N3O3/c1-15-5-6-16(13-20(15)27-4)9-11-23-21(22-2)24-12-10-17-7-8-18(26-3)14-19(17)25/h5-8,13-14,25H,9-12H2,1-4H3,(H2,22,23,24). The third-order valence-electron chi connectivity index (χ3n) is 4.38. The third-order valence-corrected chi connectivity index (χ3v) is 4.38.